The zero-order valence-electron chi connectivity index (χ0n) is 7.03. The SMILES string of the molecule is CC1C[C@H](O)c2ccccc2O1. The van der Waals surface area contributed by atoms with E-state index in [0.29, 0.717) is 6.42 Å². The van der Waals surface area contributed by atoms with Crippen molar-refractivity contribution in [2.75, 3.05) is 0 Å². The molecule has 1 unspecified atom stereocenters. The van der Waals surface area contributed by atoms with Crippen LogP contribution in [0, 0.1) is 0 Å². The highest BCUT2D eigenvalue weighted by atomic mass is 16.5. The molecule has 0 saturated heterocycles. The van der Waals surface area contributed by atoms with Crippen molar-refractivity contribution in [3.63, 3.8) is 0 Å². The van der Waals surface area contributed by atoms with Crippen LogP contribution in [0.15, 0.2) is 24.3 Å². The van der Waals surface area contributed by atoms with E-state index < -0.39 is 0 Å². The molecule has 2 heteroatoms. The Hall–Kier alpha value is -1.02. The minimum Gasteiger partial charge on any atom is -0.490 e. The number of aliphatic hydroxyl groups excluding tert-OH is 1. The molecule has 0 aliphatic carbocycles. The van der Waals surface area contributed by atoms with E-state index in [1.807, 2.05) is 31.2 Å². The normalized spacial score (nSPS) is 27.5. The summed E-state index contributed by atoms with van der Waals surface area (Å²) < 4.78 is 5.54. The lowest BCUT2D eigenvalue weighted by molar-refractivity contribution is 0.0749. The van der Waals surface area contributed by atoms with Gasteiger partial charge in [-0.05, 0) is 13.0 Å². The average Bonchev–Trinajstić information content (AvgIpc) is 2.04. The Morgan fingerprint density at radius 3 is 3.00 bits per heavy atom. The number of aliphatic hydroxyl groups is 1. The molecule has 1 aromatic carbocycles. The molecule has 0 spiro atoms. The zero-order chi connectivity index (χ0) is 8.55. The highest BCUT2D eigenvalue weighted by Crippen LogP contribution is 2.33. The monoisotopic (exact) mass is 164 g/mol. The first-order valence-electron chi connectivity index (χ1n) is 4.21. The Labute approximate surface area is 71.8 Å². The molecule has 0 bridgehead atoms. The standard InChI is InChI=1S/C10H12O2/c1-7-6-9(11)8-4-2-3-5-10(8)12-7/h2-5,7,9,11H,6H2,1H3/t7?,9-/m0/s1. The van der Waals surface area contributed by atoms with E-state index in [-0.39, 0.29) is 12.2 Å². The van der Waals surface area contributed by atoms with Gasteiger partial charge in [-0.1, -0.05) is 18.2 Å². The van der Waals surface area contributed by atoms with Gasteiger partial charge in [-0.15, -0.1) is 0 Å². The van der Waals surface area contributed by atoms with Crippen molar-refractivity contribution in [2.45, 2.75) is 25.6 Å². The van der Waals surface area contributed by atoms with Gasteiger partial charge in [0.2, 0.25) is 0 Å². The second-order valence-electron chi connectivity index (χ2n) is 3.22. The van der Waals surface area contributed by atoms with Gasteiger partial charge in [0.25, 0.3) is 0 Å². The fourth-order valence-electron chi connectivity index (χ4n) is 1.57. The van der Waals surface area contributed by atoms with Gasteiger partial charge in [-0.3, -0.25) is 0 Å². The van der Waals surface area contributed by atoms with Gasteiger partial charge in [0.15, 0.2) is 0 Å². The number of fused-ring (bicyclic) bond motifs is 1. The minimum atomic E-state index is -0.357. The lowest BCUT2D eigenvalue weighted by atomic mass is 10.0. The molecule has 64 valence electrons. The lowest BCUT2D eigenvalue weighted by Crippen LogP contribution is -2.22. The molecule has 0 fully saturated rings. The summed E-state index contributed by atoms with van der Waals surface area (Å²) in [7, 11) is 0. The number of ether oxygens (including phenoxy) is 1. The van der Waals surface area contributed by atoms with Crippen molar-refractivity contribution >= 4 is 0 Å². The van der Waals surface area contributed by atoms with Crippen LogP contribution in [0.4, 0.5) is 0 Å². The quantitative estimate of drug-likeness (QED) is 0.634. The third-order valence-corrected chi connectivity index (χ3v) is 2.16. The van der Waals surface area contributed by atoms with E-state index in [1.54, 1.807) is 0 Å². The van der Waals surface area contributed by atoms with Crippen LogP contribution in [0.3, 0.4) is 0 Å². The summed E-state index contributed by atoms with van der Waals surface area (Å²) in [4.78, 5) is 0. The summed E-state index contributed by atoms with van der Waals surface area (Å²) in [6.45, 7) is 1.97. The minimum absolute atomic E-state index is 0.120. The van der Waals surface area contributed by atoms with E-state index in [0.717, 1.165) is 11.3 Å². The summed E-state index contributed by atoms with van der Waals surface area (Å²) in [5, 5.41) is 9.65. The maximum atomic E-state index is 9.65. The molecule has 2 nitrogen and oxygen atoms in total. The Bertz CT molecular complexity index is 283. The second-order valence-corrected chi connectivity index (χ2v) is 3.22. The van der Waals surface area contributed by atoms with Gasteiger partial charge < -0.3 is 9.84 Å². The van der Waals surface area contributed by atoms with Gasteiger partial charge in [0.1, 0.15) is 5.75 Å². The third kappa shape index (κ3) is 1.18. The average molecular weight is 164 g/mol. The van der Waals surface area contributed by atoms with Crippen molar-refractivity contribution < 1.29 is 9.84 Å². The molecule has 0 amide bonds. The van der Waals surface area contributed by atoms with Gasteiger partial charge in [0, 0.05) is 12.0 Å². The van der Waals surface area contributed by atoms with Gasteiger partial charge >= 0.3 is 0 Å². The van der Waals surface area contributed by atoms with Crippen LogP contribution < -0.4 is 4.74 Å². The van der Waals surface area contributed by atoms with Crippen LogP contribution >= 0.6 is 0 Å². The molecule has 2 atom stereocenters. The van der Waals surface area contributed by atoms with Crippen LogP contribution in [0.2, 0.25) is 0 Å². The lowest BCUT2D eigenvalue weighted by Gasteiger charge is -2.26. The van der Waals surface area contributed by atoms with Gasteiger partial charge in [0.05, 0.1) is 12.2 Å². The van der Waals surface area contributed by atoms with Gasteiger partial charge in [-0.25, -0.2) is 0 Å². The highest BCUT2D eigenvalue weighted by molar-refractivity contribution is 5.36. The van der Waals surface area contributed by atoms with Crippen LogP contribution in [-0.2, 0) is 0 Å². The molecule has 2 rings (SSSR count). The van der Waals surface area contributed by atoms with Crippen LogP contribution in [-0.4, -0.2) is 11.2 Å². The summed E-state index contributed by atoms with van der Waals surface area (Å²) in [5.41, 5.74) is 0.913. The first kappa shape index (κ1) is 7.62. The van der Waals surface area contributed by atoms with E-state index in [9.17, 15) is 5.11 Å². The summed E-state index contributed by atoms with van der Waals surface area (Å²) in [6, 6.07) is 7.64. The van der Waals surface area contributed by atoms with Gasteiger partial charge in [-0.2, -0.15) is 0 Å². The van der Waals surface area contributed by atoms with Crippen molar-refractivity contribution in [3.05, 3.63) is 29.8 Å². The van der Waals surface area contributed by atoms with E-state index in [1.165, 1.54) is 0 Å². The van der Waals surface area contributed by atoms with Crippen molar-refractivity contribution in [2.24, 2.45) is 0 Å². The second kappa shape index (κ2) is 2.79. The fourth-order valence-corrected chi connectivity index (χ4v) is 1.57. The summed E-state index contributed by atoms with van der Waals surface area (Å²) in [5.74, 6) is 0.823. The predicted octanol–water partition coefficient (Wildman–Crippen LogP) is 1.89. The fraction of sp³-hybridized carbons (Fsp3) is 0.400. The smallest absolute Gasteiger partial charge is 0.125 e. The maximum Gasteiger partial charge on any atom is 0.125 e. The number of para-hydroxylation sites is 1. The molecule has 1 aliphatic rings. The van der Waals surface area contributed by atoms with Crippen molar-refractivity contribution in [3.8, 4) is 5.75 Å². The molecule has 1 heterocycles. The van der Waals surface area contributed by atoms with E-state index >= 15 is 0 Å². The van der Waals surface area contributed by atoms with Crippen LogP contribution in [0.25, 0.3) is 0 Å². The number of rotatable bonds is 0. The Balaban J connectivity index is 2.40. The van der Waals surface area contributed by atoms with E-state index in [2.05, 4.69) is 0 Å². The molecule has 1 aliphatic heterocycles. The molecular formula is C10H12O2. The molecule has 1 N–H and O–H groups in total. The molecular weight excluding hydrogens is 152 g/mol. The molecule has 0 radical (unpaired) electrons. The number of benzene rings is 1. The first-order chi connectivity index (χ1) is 5.77. The zero-order valence-corrected chi connectivity index (χ0v) is 7.03. The molecule has 12 heavy (non-hydrogen) atoms. The van der Waals surface area contributed by atoms with Crippen molar-refractivity contribution in [1.82, 2.24) is 0 Å². The first-order valence-corrected chi connectivity index (χ1v) is 4.21. The highest BCUT2D eigenvalue weighted by Gasteiger charge is 2.22. The Morgan fingerprint density at radius 1 is 1.42 bits per heavy atom. The summed E-state index contributed by atoms with van der Waals surface area (Å²) >= 11 is 0. The number of hydrogen-bond donors (Lipinski definition) is 1. The largest absolute Gasteiger partial charge is 0.490 e. The third-order valence-electron chi connectivity index (χ3n) is 2.16. The summed E-state index contributed by atoms with van der Waals surface area (Å²) in [6.07, 6.45) is 0.455. The molecule has 0 saturated carbocycles. The molecule has 1 aromatic rings. The maximum absolute atomic E-state index is 9.65. The van der Waals surface area contributed by atoms with Crippen LogP contribution in [0.5, 0.6) is 5.75 Å². The van der Waals surface area contributed by atoms with Crippen molar-refractivity contribution in [1.29, 1.82) is 0 Å². The van der Waals surface area contributed by atoms with Crippen LogP contribution in [0.1, 0.15) is 25.0 Å². The Morgan fingerprint density at radius 2 is 2.17 bits per heavy atom. The molecule has 0 aromatic heterocycles. The predicted molar refractivity (Wildman–Crippen MR) is 46.1 cm³/mol. The van der Waals surface area contributed by atoms with E-state index in [4.69, 9.17) is 4.74 Å². The topological polar surface area (TPSA) is 29.5 Å². The number of hydrogen-bond acceptors (Lipinski definition) is 2. The Kier molecular flexibility index (Phi) is 1.77.